The van der Waals surface area contributed by atoms with Crippen molar-refractivity contribution >= 4 is 29.5 Å². The van der Waals surface area contributed by atoms with Crippen LogP contribution in [0.1, 0.15) is 16.1 Å². The van der Waals surface area contributed by atoms with Crippen LogP contribution in [0, 0.1) is 6.92 Å². The summed E-state index contributed by atoms with van der Waals surface area (Å²) in [6, 6.07) is -0.702. The molecule has 0 fully saturated rings. The van der Waals surface area contributed by atoms with Crippen LogP contribution in [0.15, 0.2) is 12.7 Å². The van der Waals surface area contributed by atoms with Crippen molar-refractivity contribution in [3.63, 3.8) is 0 Å². The number of amides is 3. The van der Waals surface area contributed by atoms with Gasteiger partial charge in [0.15, 0.2) is 6.61 Å². The molecule has 0 radical (unpaired) electrons. The van der Waals surface area contributed by atoms with Crippen LogP contribution in [0.5, 0.6) is 0 Å². The molecule has 0 atom stereocenters. The third-order valence-corrected chi connectivity index (χ3v) is 2.78. The lowest BCUT2D eigenvalue weighted by molar-refractivity contribution is -0.123. The highest BCUT2D eigenvalue weighted by molar-refractivity contribution is 6.32. The van der Waals surface area contributed by atoms with E-state index in [0.29, 0.717) is 5.69 Å². The molecule has 1 rings (SSSR count). The number of carbonyl (C=O) groups excluding carboxylic acids is 3. The van der Waals surface area contributed by atoms with E-state index in [9.17, 15) is 14.4 Å². The predicted octanol–water partition coefficient (Wildman–Crippen LogP) is 0.551. The summed E-state index contributed by atoms with van der Waals surface area (Å²) in [5, 5.41) is 8.39. The normalized spacial score (nSPS) is 9.86. The average molecular weight is 315 g/mol. The number of nitrogens with one attached hydrogen (secondary N) is 2. The molecule has 0 saturated carbocycles. The zero-order chi connectivity index (χ0) is 16.0. The number of rotatable bonds is 5. The van der Waals surface area contributed by atoms with Gasteiger partial charge in [0, 0.05) is 13.6 Å². The van der Waals surface area contributed by atoms with Gasteiger partial charge in [0.25, 0.3) is 5.91 Å². The van der Waals surface area contributed by atoms with Gasteiger partial charge in [0.1, 0.15) is 10.7 Å². The van der Waals surface area contributed by atoms with Gasteiger partial charge in [-0.15, -0.1) is 6.58 Å². The monoisotopic (exact) mass is 314 g/mol. The molecule has 21 heavy (non-hydrogen) atoms. The molecule has 0 aliphatic carbocycles. The summed E-state index contributed by atoms with van der Waals surface area (Å²) < 4.78 is 6.10. The number of carbonyl (C=O) groups is 3. The number of halogens is 1. The fraction of sp³-hybridized carbons (Fsp3) is 0.333. The van der Waals surface area contributed by atoms with Crippen molar-refractivity contribution in [2.45, 2.75) is 6.92 Å². The third kappa shape index (κ3) is 4.60. The second-order valence-electron chi connectivity index (χ2n) is 4.00. The van der Waals surface area contributed by atoms with E-state index in [1.807, 2.05) is 5.32 Å². The van der Waals surface area contributed by atoms with Gasteiger partial charge in [-0.2, -0.15) is 5.10 Å². The lowest BCUT2D eigenvalue weighted by Crippen LogP contribution is -2.41. The van der Waals surface area contributed by atoms with E-state index in [0.717, 1.165) is 0 Å². The molecule has 114 valence electrons. The van der Waals surface area contributed by atoms with E-state index in [1.165, 1.54) is 10.8 Å². The minimum Gasteiger partial charge on any atom is -0.452 e. The van der Waals surface area contributed by atoms with Crippen LogP contribution in [0.2, 0.25) is 5.15 Å². The number of ether oxygens (including phenoxy) is 1. The van der Waals surface area contributed by atoms with Crippen molar-refractivity contribution in [1.82, 2.24) is 20.4 Å². The van der Waals surface area contributed by atoms with Crippen LogP contribution in [0.3, 0.4) is 0 Å². The van der Waals surface area contributed by atoms with E-state index in [-0.39, 0.29) is 17.3 Å². The summed E-state index contributed by atoms with van der Waals surface area (Å²) in [6.45, 7) is 4.60. The summed E-state index contributed by atoms with van der Waals surface area (Å²) in [7, 11) is 1.57. The highest BCUT2D eigenvalue weighted by atomic mass is 35.5. The first-order valence-corrected chi connectivity index (χ1v) is 6.29. The molecule has 0 spiro atoms. The lowest BCUT2D eigenvalue weighted by atomic mass is 10.3. The topological polar surface area (TPSA) is 102 Å². The van der Waals surface area contributed by atoms with Gasteiger partial charge in [0.05, 0.1) is 5.69 Å². The molecule has 2 N–H and O–H groups in total. The highest BCUT2D eigenvalue weighted by Crippen LogP contribution is 2.19. The Morgan fingerprint density at radius 3 is 2.67 bits per heavy atom. The molecule has 8 nitrogen and oxygen atoms in total. The molecule has 1 heterocycles. The molecule has 0 unspecified atom stereocenters. The summed E-state index contributed by atoms with van der Waals surface area (Å²) in [5.74, 6) is -1.55. The van der Waals surface area contributed by atoms with Crippen molar-refractivity contribution in [2.75, 3.05) is 13.2 Å². The maximum absolute atomic E-state index is 11.8. The van der Waals surface area contributed by atoms with E-state index >= 15 is 0 Å². The summed E-state index contributed by atoms with van der Waals surface area (Å²) in [5.41, 5.74) is 0.472. The highest BCUT2D eigenvalue weighted by Gasteiger charge is 2.21. The van der Waals surface area contributed by atoms with Crippen LogP contribution in [0.4, 0.5) is 4.79 Å². The number of hydrogen-bond donors (Lipinski definition) is 2. The SMILES string of the molecule is C=CCNC(=O)NC(=O)COC(=O)c1c(C)nn(C)c1Cl. The van der Waals surface area contributed by atoms with E-state index in [1.54, 1.807) is 14.0 Å². The minimum atomic E-state index is -0.785. The quantitative estimate of drug-likeness (QED) is 0.610. The van der Waals surface area contributed by atoms with Crippen molar-refractivity contribution in [3.05, 3.63) is 29.1 Å². The number of hydrogen-bond acceptors (Lipinski definition) is 5. The number of imide groups is 1. The third-order valence-electron chi connectivity index (χ3n) is 2.35. The smallest absolute Gasteiger partial charge is 0.343 e. The first kappa shape index (κ1) is 16.7. The molecular formula is C12H15ClN4O4. The lowest BCUT2D eigenvalue weighted by Gasteiger charge is -2.06. The second kappa shape index (κ2) is 7.44. The zero-order valence-electron chi connectivity index (χ0n) is 11.6. The molecule has 0 aliphatic heterocycles. The van der Waals surface area contributed by atoms with Crippen molar-refractivity contribution < 1.29 is 19.1 Å². The van der Waals surface area contributed by atoms with Crippen molar-refractivity contribution in [1.29, 1.82) is 0 Å². The number of esters is 1. The number of aromatic nitrogens is 2. The molecular weight excluding hydrogens is 300 g/mol. The van der Waals surface area contributed by atoms with E-state index in [4.69, 9.17) is 16.3 Å². The zero-order valence-corrected chi connectivity index (χ0v) is 12.4. The Hall–Kier alpha value is -2.35. The molecule has 0 aromatic carbocycles. The van der Waals surface area contributed by atoms with Gasteiger partial charge in [-0.05, 0) is 6.92 Å². The molecule has 0 saturated heterocycles. The first-order valence-electron chi connectivity index (χ1n) is 5.91. The Morgan fingerprint density at radius 1 is 1.48 bits per heavy atom. The van der Waals surface area contributed by atoms with Gasteiger partial charge in [-0.3, -0.25) is 14.8 Å². The number of nitrogens with zero attached hydrogens (tertiary/aromatic N) is 2. The molecule has 0 aliphatic rings. The van der Waals surface area contributed by atoms with Crippen LogP contribution in [-0.2, 0) is 16.6 Å². The molecule has 0 bridgehead atoms. The van der Waals surface area contributed by atoms with Gasteiger partial charge in [0.2, 0.25) is 0 Å². The molecule has 1 aromatic heterocycles. The fourth-order valence-electron chi connectivity index (χ4n) is 1.44. The Bertz CT molecular complexity index is 582. The van der Waals surface area contributed by atoms with Crippen LogP contribution in [0.25, 0.3) is 0 Å². The van der Waals surface area contributed by atoms with Gasteiger partial charge < -0.3 is 10.1 Å². The maximum Gasteiger partial charge on any atom is 0.343 e. The molecule has 9 heteroatoms. The molecule has 1 aromatic rings. The minimum absolute atomic E-state index is 0.0862. The van der Waals surface area contributed by atoms with Crippen LogP contribution < -0.4 is 10.6 Å². The van der Waals surface area contributed by atoms with E-state index in [2.05, 4.69) is 17.0 Å². The Balaban J connectivity index is 2.51. The Labute approximate surface area is 126 Å². The summed E-state index contributed by atoms with van der Waals surface area (Å²) >= 11 is 5.89. The number of aryl methyl sites for hydroxylation is 2. The van der Waals surface area contributed by atoms with Gasteiger partial charge >= 0.3 is 12.0 Å². The largest absolute Gasteiger partial charge is 0.452 e. The maximum atomic E-state index is 11.8. The Morgan fingerprint density at radius 2 is 2.14 bits per heavy atom. The van der Waals surface area contributed by atoms with Crippen molar-refractivity contribution in [2.24, 2.45) is 7.05 Å². The first-order chi connectivity index (χ1) is 9.86. The van der Waals surface area contributed by atoms with Gasteiger partial charge in [-0.25, -0.2) is 9.59 Å². The van der Waals surface area contributed by atoms with Crippen molar-refractivity contribution in [3.8, 4) is 0 Å². The number of urea groups is 1. The van der Waals surface area contributed by atoms with Crippen LogP contribution >= 0.6 is 11.6 Å². The predicted molar refractivity (Wildman–Crippen MR) is 75.0 cm³/mol. The second-order valence-corrected chi connectivity index (χ2v) is 4.36. The Kier molecular flexibility index (Phi) is 5.92. The molecule has 3 amide bonds. The standard InChI is InChI=1S/C12H15ClN4O4/c1-4-5-14-12(20)15-8(18)6-21-11(19)9-7(2)16-17(3)10(9)13/h4H,1,5-6H2,2-3H3,(H2,14,15,18,20). The van der Waals surface area contributed by atoms with E-state index < -0.39 is 24.5 Å². The fourth-order valence-corrected chi connectivity index (χ4v) is 1.69. The van der Waals surface area contributed by atoms with Gasteiger partial charge in [-0.1, -0.05) is 17.7 Å². The summed E-state index contributed by atoms with van der Waals surface area (Å²) in [6.07, 6.45) is 1.46. The van der Waals surface area contributed by atoms with Crippen LogP contribution in [-0.4, -0.2) is 40.8 Å². The average Bonchev–Trinajstić information content (AvgIpc) is 2.67. The summed E-state index contributed by atoms with van der Waals surface area (Å²) in [4.78, 5) is 34.4.